The molecule has 1 N–H and O–H groups in total. The van der Waals surface area contributed by atoms with Gasteiger partial charge in [-0.1, -0.05) is 34.1 Å². The first-order valence-electron chi connectivity index (χ1n) is 6.04. The number of benzene rings is 2. The van der Waals surface area contributed by atoms with E-state index in [2.05, 4.69) is 37.2 Å². The minimum atomic E-state index is -0.580. The van der Waals surface area contributed by atoms with Crippen LogP contribution in [0.4, 0.5) is 5.69 Å². The highest BCUT2D eigenvalue weighted by molar-refractivity contribution is 9.11. The molecule has 20 heavy (non-hydrogen) atoms. The van der Waals surface area contributed by atoms with Crippen LogP contribution in [-0.4, -0.2) is 12.0 Å². The van der Waals surface area contributed by atoms with Crippen LogP contribution < -0.4 is 10.1 Å². The Bertz CT molecular complexity index is 602. The summed E-state index contributed by atoms with van der Waals surface area (Å²) in [6, 6.07) is 14.9. The Balaban J connectivity index is 2.02. The fourth-order valence-corrected chi connectivity index (χ4v) is 2.29. The van der Waals surface area contributed by atoms with E-state index in [9.17, 15) is 4.79 Å². The van der Waals surface area contributed by atoms with Crippen molar-refractivity contribution < 1.29 is 9.53 Å². The molecule has 1 amide bonds. The molecule has 0 aliphatic carbocycles. The van der Waals surface area contributed by atoms with E-state index in [4.69, 9.17) is 4.74 Å². The minimum absolute atomic E-state index is 0.201. The number of nitrogens with one attached hydrogen (secondary N) is 1. The maximum atomic E-state index is 12.1. The molecule has 5 heteroatoms. The Hall–Kier alpha value is -1.33. The first kappa shape index (κ1) is 15.1. The maximum absolute atomic E-state index is 12.1. The van der Waals surface area contributed by atoms with Crippen molar-refractivity contribution in [2.75, 3.05) is 5.32 Å². The summed E-state index contributed by atoms with van der Waals surface area (Å²) >= 11 is 6.77. The standard InChI is InChI=1S/C15H13Br2NO2/c1-10(20-12-5-3-2-4-6-12)15(19)18-14-9-11(16)7-8-13(14)17/h2-10H,1H3,(H,18,19). The van der Waals surface area contributed by atoms with Gasteiger partial charge in [0.2, 0.25) is 0 Å². The van der Waals surface area contributed by atoms with Gasteiger partial charge in [-0.25, -0.2) is 0 Å². The molecule has 1 atom stereocenters. The van der Waals surface area contributed by atoms with Crippen LogP contribution in [-0.2, 0) is 4.79 Å². The summed E-state index contributed by atoms with van der Waals surface area (Å²) in [6.45, 7) is 1.72. The lowest BCUT2D eigenvalue weighted by Gasteiger charge is -2.15. The SMILES string of the molecule is CC(Oc1ccccc1)C(=O)Nc1cc(Br)ccc1Br. The predicted molar refractivity (Wildman–Crippen MR) is 87.0 cm³/mol. The molecule has 2 rings (SSSR count). The van der Waals surface area contributed by atoms with E-state index >= 15 is 0 Å². The van der Waals surface area contributed by atoms with Gasteiger partial charge in [-0.05, 0) is 53.2 Å². The summed E-state index contributed by atoms with van der Waals surface area (Å²) in [5.41, 5.74) is 0.702. The van der Waals surface area contributed by atoms with E-state index in [-0.39, 0.29) is 5.91 Å². The Morgan fingerprint density at radius 3 is 2.55 bits per heavy atom. The molecule has 0 saturated heterocycles. The van der Waals surface area contributed by atoms with Gasteiger partial charge in [-0.3, -0.25) is 4.79 Å². The molecule has 0 fully saturated rings. The molecule has 0 bridgehead atoms. The zero-order chi connectivity index (χ0) is 14.5. The van der Waals surface area contributed by atoms with Crippen LogP contribution in [0.3, 0.4) is 0 Å². The van der Waals surface area contributed by atoms with Gasteiger partial charge in [0, 0.05) is 8.95 Å². The van der Waals surface area contributed by atoms with E-state index in [1.807, 2.05) is 48.5 Å². The average Bonchev–Trinajstić information content (AvgIpc) is 2.44. The van der Waals surface area contributed by atoms with Gasteiger partial charge in [0.05, 0.1) is 5.69 Å². The second kappa shape index (κ2) is 6.90. The number of carbonyl (C=O) groups is 1. The molecule has 0 aliphatic rings. The molecule has 0 spiro atoms. The molecule has 1 unspecified atom stereocenters. The van der Waals surface area contributed by atoms with Gasteiger partial charge in [0.15, 0.2) is 6.10 Å². The smallest absolute Gasteiger partial charge is 0.265 e. The van der Waals surface area contributed by atoms with E-state index in [0.29, 0.717) is 11.4 Å². The number of rotatable bonds is 4. The number of ether oxygens (including phenoxy) is 1. The van der Waals surface area contributed by atoms with Crippen molar-refractivity contribution in [3.05, 3.63) is 57.5 Å². The molecule has 0 aromatic heterocycles. The number of amides is 1. The molecule has 0 heterocycles. The van der Waals surface area contributed by atoms with Crippen molar-refractivity contribution in [3.63, 3.8) is 0 Å². The predicted octanol–water partition coefficient (Wildman–Crippen LogP) is 4.62. The Morgan fingerprint density at radius 2 is 1.85 bits per heavy atom. The molecule has 2 aromatic rings. The van der Waals surface area contributed by atoms with Gasteiger partial charge in [-0.15, -0.1) is 0 Å². The number of halogens is 2. The van der Waals surface area contributed by atoms with E-state index < -0.39 is 6.10 Å². The summed E-state index contributed by atoms with van der Waals surface area (Å²) in [7, 11) is 0. The molecule has 0 saturated carbocycles. The Labute approximate surface area is 134 Å². The average molecular weight is 399 g/mol. The number of para-hydroxylation sites is 1. The van der Waals surface area contributed by atoms with Crippen LogP contribution in [0.2, 0.25) is 0 Å². The van der Waals surface area contributed by atoms with Crippen LogP contribution in [0.5, 0.6) is 5.75 Å². The van der Waals surface area contributed by atoms with Crippen molar-refractivity contribution in [2.24, 2.45) is 0 Å². The largest absolute Gasteiger partial charge is 0.481 e. The second-order valence-corrected chi connectivity index (χ2v) is 5.96. The summed E-state index contributed by atoms with van der Waals surface area (Å²) in [5, 5.41) is 2.83. The highest BCUT2D eigenvalue weighted by atomic mass is 79.9. The number of anilines is 1. The number of carbonyl (C=O) groups excluding carboxylic acids is 1. The van der Waals surface area contributed by atoms with Crippen LogP contribution in [0.1, 0.15) is 6.92 Å². The van der Waals surface area contributed by atoms with Crippen LogP contribution >= 0.6 is 31.9 Å². The number of hydrogen-bond acceptors (Lipinski definition) is 2. The monoisotopic (exact) mass is 397 g/mol. The lowest BCUT2D eigenvalue weighted by molar-refractivity contribution is -0.122. The topological polar surface area (TPSA) is 38.3 Å². The molecule has 104 valence electrons. The third-order valence-corrected chi connectivity index (χ3v) is 3.80. The van der Waals surface area contributed by atoms with Crippen molar-refractivity contribution in [1.82, 2.24) is 0 Å². The summed E-state index contributed by atoms with van der Waals surface area (Å²) in [5.74, 6) is 0.469. The summed E-state index contributed by atoms with van der Waals surface area (Å²) in [4.78, 5) is 12.1. The normalized spacial score (nSPS) is 11.8. The zero-order valence-electron chi connectivity index (χ0n) is 10.8. The highest BCUT2D eigenvalue weighted by Crippen LogP contribution is 2.26. The van der Waals surface area contributed by atoms with Crippen molar-refractivity contribution >= 4 is 43.5 Å². The highest BCUT2D eigenvalue weighted by Gasteiger charge is 2.16. The molecule has 2 aromatic carbocycles. The zero-order valence-corrected chi connectivity index (χ0v) is 13.9. The number of hydrogen-bond donors (Lipinski definition) is 1. The van der Waals surface area contributed by atoms with Crippen LogP contribution in [0, 0.1) is 0 Å². The third kappa shape index (κ3) is 4.08. The molecule has 3 nitrogen and oxygen atoms in total. The maximum Gasteiger partial charge on any atom is 0.265 e. The van der Waals surface area contributed by atoms with E-state index in [1.54, 1.807) is 6.92 Å². The van der Waals surface area contributed by atoms with E-state index in [0.717, 1.165) is 8.95 Å². The lowest BCUT2D eigenvalue weighted by Crippen LogP contribution is -2.30. The van der Waals surface area contributed by atoms with Crippen LogP contribution in [0.15, 0.2) is 57.5 Å². The molecule has 0 radical (unpaired) electrons. The molecular weight excluding hydrogens is 386 g/mol. The van der Waals surface area contributed by atoms with Crippen LogP contribution in [0.25, 0.3) is 0 Å². The van der Waals surface area contributed by atoms with Gasteiger partial charge >= 0.3 is 0 Å². The third-order valence-electron chi connectivity index (χ3n) is 2.61. The Kier molecular flexibility index (Phi) is 5.20. The van der Waals surface area contributed by atoms with Crippen molar-refractivity contribution in [3.8, 4) is 5.75 Å². The Morgan fingerprint density at radius 1 is 1.15 bits per heavy atom. The van der Waals surface area contributed by atoms with Gasteiger partial charge in [0.1, 0.15) is 5.75 Å². The van der Waals surface area contributed by atoms with Crippen molar-refractivity contribution in [1.29, 1.82) is 0 Å². The quantitative estimate of drug-likeness (QED) is 0.815. The summed E-state index contributed by atoms with van der Waals surface area (Å²) in [6.07, 6.45) is -0.580. The molecule has 0 aliphatic heterocycles. The fraction of sp³-hybridized carbons (Fsp3) is 0.133. The lowest BCUT2D eigenvalue weighted by atomic mass is 10.3. The fourth-order valence-electron chi connectivity index (χ4n) is 1.58. The van der Waals surface area contributed by atoms with Gasteiger partial charge < -0.3 is 10.1 Å². The first-order chi connectivity index (χ1) is 9.56. The van der Waals surface area contributed by atoms with Gasteiger partial charge in [-0.2, -0.15) is 0 Å². The molecular formula is C15H13Br2NO2. The van der Waals surface area contributed by atoms with Gasteiger partial charge in [0.25, 0.3) is 5.91 Å². The van der Waals surface area contributed by atoms with E-state index in [1.165, 1.54) is 0 Å². The first-order valence-corrected chi connectivity index (χ1v) is 7.62. The minimum Gasteiger partial charge on any atom is -0.481 e. The summed E-state index contributed by atoms with van der Waals surface area (Å²) < 4.78 is 7.30. The second-order valence-electron chi connectivity index (χ2n) is 4.19. The van der Waals surface area contributed by atoms with Crippen molar-refractivity contribution in [2.45, 2.75) is 13.0 Å².